The standard InChI is InChI=1S/C33H38N4O8/c1-19-22-16-24-27(44-20(2)30(24)21-10-5-3-6-11-21)18-26(22)45-32(42)23(19)17-28(38)37-25(12-9-15-36-33(34)43)31(41)35-14-8-4-7-13-29(39)40/h3,5-6,10-11,16,18,25H,4,7-9,12-15,17H2,1-2H3,(H,35,41)(H,37,38)(H,39,40)(H3,34,36,43)/t25-/m1/s1. The Balaban J connectivity index is 1.52. The molecule has 0 bridgehead atoms. The molecule has 0 aliphatic carbocycles. The Morgan fingerprint density at radius 1 is 0.889 bits per heavy atom. The lowest BCUT2D eigenvalue weighted by Gasteiger charge is -2.19. The molecule has 12 nitrogen and oxygen atoms in total. The minimum absolute atomic E-state index is 0.0580. The van der Waals surface area contributed by atoms with Crippen molar-refractivity contribution in [2.75, 3.05) is 13.1 Å². The Morgan fingerprint density at radius 2 is 1.60 bits per heavy atom. The number of unbranched alkanes of at least 4 members (excludes halogenated alkanes) is 2. The Hall–Kier alpha value is -5.13. The first-order valence-corrected chi connectivity index (χ1v) is 14.9. The number of carbonyl (C=O) groups is 4. The van der Waals surface area contributed by atoms with Crippen molar-refractivity contribution in [3.63, 3.8) is 0 Å². The highest BCUT2D eigenvalue weighted by atomic mass is 16.4. The number of carbonyl (C=O) groups excluding carboxylic acids is 3. The zero-order valence-electron chi connectivity index (χ0n) is 25.4. The third-order valence-electron chi connectivity index (χ3n) is 7.66. The van der Waals surface area contributed by atoms with Crippen LogP contribution in [0.3, 0.4) is 0 Å². The van der Waals surface area contributed by atoms with Gasteiger partial charge in [-0.15, -0.1) is 0 Å². The molecule has 2 aromatic heterocycles. The lowest BCUT2D eigenvalue weighted by molar-refractivity contribution is -0.137. The number of carboxylic acid groups (broad SMARTS) is 1. The smallest absolute Gasteiger partial charge is 0.340 e. The molecular formula is C33H38N4O8. The van der Waals surface area contributed by atoms with Crippen LogP contribution in [-0.4, -0.2) is 48.1 Å². The SMILES string of the molecule is Cc1oc2cc3oc(=O)c(CC(=O)N[C@H](CCCNC(N)=O)C(=O)NCCCCCC(=O)O)c(C)c3cc2c1-c1ccccc1. The van der Waals surface area contributed by atoms with Crippen LogP contribution in [0.15, 0.2) is 56.1 Å². The normalized spacial score (nSPS) is 11.8. The van der Waals surface area contributed by atoms with Crippen molar-refractivity contribution >= 4 is 45.8 Å². The summed E-state index contributed by atoms with van der Waals surface area (Å²) < 4.78 is 11.6. The van der Waals surface area contributed by atoms with Gasteiger partial charge in [0, 0.05) is 41.9 Å². The molecule has 12 heteroatoms. The number of amides is 4. The Bertz CT molecular complexity index is 1760. The number of hydrogen-bond donors (Lipinski definition) is 5. The summed E-state index contributed by atoms with van der Waals surface area (Å²) in [5.41, 5.74) is 8.05. The summed E-state index contributed by atoms with van der Waals surface area (Å²) in [5, 5.41) is 18.2. The highest BCUT2D eigenvalue weighted by Crippen LogP contribution is 2.37. The first-order chi connectivity index (χ1) is 21.5. The van der Waals surface area contributed by atoms with Gasteiger partial charge in [0.1, 0.15) is 23.0 Å². The molecule has 0 spiro atoms. The summed E-state index contributed by atoms with van der Waals surface area (Å²) in [6.07, 6.45) is 2.02. The predicted molar refractivity (Wildman–Crippen MR) is 169 cm³/mol. The van der Waals surface area contributed by atoms with Gasteiger partial charge in [-0.25, -0.2) is 9.59 Å². The number of primary amides is 1. The maximum absolute atomic E-state index is 13.2. The predicted octanol–water partition coefficient (Wildman–Crippen LogP) is 4.06. The largest absolute Gasteiger partial charge is 0.481 e. The summed E-state index contributed by atoms with van der Waals surface area (Å²) >= 11 is 0. The van der Waals surface area contributed by atoms with E-state index in [4.69, 9.17) is 19.7 Å². The average molecular weight is 619 g/mol. The maximum Gasteiger partial charge on any atom is 0.340 e. The van der Waals surface area contributed by atoms with Crippen LogP contribution in [0, 0.1) is 13.8 Å². The molecule has 0 saturated heterocycles. The van der Waals surface area contributed by atoms with Crippen molar-refractivity contribution in [1.29, 1.82) is 0 Å². The maximum atomic E-state index is 13.2. The fraction of sp³-hybridized carbons (Fsp3) is 0.364. The van der Waals surface area contributed by atoms with E-state index in [0.29, 0.717) is 54.3 Å². The molecule has 1 atom stereocenters. The number of nitrogens with one attached hydrogen (secondary N) is 3. The summed E-state index contributed by atoms with van der Waals surface area (Å²) in [6.45, 7) is 4.16. The molecule has 0 aliphatic rings. The van der Waals surface area contributed by atoms with Crippen LogP contribution in [0.25, 0.3) is 33.1 Å². The summed E-state index contributed by atoms with van der Waals surface area (Å²) in [7, 11) is 0. The van der Waals surface area contributed by atoms with E-state index in [0.717, 1.165) is 22.3 Å². The number of hydrogen-bond acceptors (Lipinski definition) is 7. The second-order valence-electron chi connectivity index (χ2n) is 11.0. The van der Waals surface area contributed by atoms with Gasteiger partial charge in [-0.1, -0.05) is 36.8 Å². The molecule has 4 rings (SSSR count). The van der Waals surface area contributed by atoms with Crippen LogP contribution in [0.4, 0.5) is 4.79 Å². The van der Waals surface area contributed by atoms with E-state index in [9.17, 15) is 24.0 Å². The lowest BCUT2D eigenvalue weighted by atomic mass is 9.98. The molecule has 6 N–H and O–H groups in total. The van der Waals surface area contributed by atoms with Crippen molar-refractivity contribution < 1.29 is 33.1 Å². The third-order valence-corrected chi connectivity index (χ3v) is 7.66. The fourth-order valence-corrected chi connectivity index (χ4v) is 5.37. The summed E-state index contributed by atoms with van der Waals surface area (Å²) in [5.74, 6) is -1.11. The zero-order chi connectivity index (χ0) is 32.5. The number of urea groups is 1. The number of aliphatic carboxylic acids is 1. The van der Waals surface area contributed by atoms with Gasteiger partial charge < -0.3 is 35.6 Å². The Kier molecular flexibility index (Phi) is 11.0. The van der Waals surface area contributed by atoms with Gasteiger partial charge in [0.15, 0.2) is 0 Å². The van der Waals surface area contributed by atoms with Crippen molar-refractivity contribution in [1.82, 2.24) is 16.0 Å². The lowest BCUT2D eigenvalue weighted by Crippen LogP contribution is -2.48. The van der Waals surface area contributed by atoms with Crippen molar-refractivity contribution in [2.45, 2.75) is 64.8 Å². The molecule has 0 saturated carbocycles. The van der Waals surface area contributed by atoms with Crippen LogP contribution >= 0.6 is 0 Å². The van der Waals surface area contributed by atoms with Crippen LogP contribution in [0.1, 0.15) is 55.4 Å². The third kappa shape index (κ3) is 8.49. The van der Waals surface area contributed by atoms with E-state index in [-0.39, 0.29) is 31.4 Å². The molecule has 238 valence electrons. The summed E-state index contributed by atoms with van der Waals surface area (Å²) in [4.78, 5) is 60.9. The molecule has 0 aliphatic heterocycles. The number of nitrogens with two attached hydrogens (primary N) is 1. The van der Waals surface area contributed by atoms with E-state index in [2.05, 4.69) is 16.0 Å². The van der Waals surface area contributed by atoms with Crippen LogP contribution in [0.5, 0.6) is 0 Å². The zero-order valence-corrected chi connectivity index (χ0v) is 25.4. The first kappa shape index (κ1) is 32.8. The molecular weight excluding hydrogens is 580 g/mol. The fourth-order valence-electron chi connectivity index (χ4n) is 5.37. The quantitative estimate of drug-likeness (QED) is 0.0972. The number of fused-ring (bicyclic) bond motifs is 2. The van der Waals surface area contributed by atoms with Crippen molar-refractivity contribution in [2.24, 2.45) is 5.73 Å². The van der Waals surface area contributed by atoms with Gasteiger partial charge in [-0.3, -0.25) is 14.4 Å². The number of rotatable bonds is 15. The molecule has 2 heterocycles. The topological polar surface area (TPSA) is 194 Å². The van der Waals surface area contributed by atoms with E-state index >= 15 is 0 Å². The van der Waals surface area contributed by atoms with Gasteiger partial charge in [0.2, 0.25) is 11.8 Å². The Labute approximate surface area is 259 Å². The molecule has 0 radical (unpaired) electrons. The number of benzene rings is 2. The van der Waals surface area contributed by atoms with Gasteiger partial charge in [0.05, 0.1) is 12.0 Å². The average Bonchev–Trinajstić information content (AvgIpc) is 3.32. The molecule has 4 amide bonds. The highest BCUT2D eigenvalue weighted by Gasteiger charge is 2.23. The van der Waals surface area contributed by atoms with Gasteiger partial charge >= 0.3 is 17.6 Å². The molecule has 0 fully saturated rings. The number of furan rings is 1. The number of aryl methyl sites for hydroxylation is 2. The second kappa shape index (κ2) is 15.0. The van der Waals surface area contributed by atoms with Crippen LogP contribution in [-0.2, 0) is 20.8 Å². The van der Waals surface area contributed by atoms with E-state index in [1.54, 1.807) is 13.0 Å². The van der Waals surface area contributed by atoms with E-state index in [1.165, 1.54) is 0 Å². The molecule has 2 aromatic carbocycles. The van der Waals surface area contributed by atoms with Crippen LogP contribution < -0.4 is 27.3 Å². The minimum atomic E-state index is -0.930. The summed E-state index contributed by atoms with van der Waals surface area (Å²) in [6, 6.07) is 11.8. The van der Waals surface area contributed by atoms with Gasteiger partial charge in [-0.05, 0) is 56.7 Å². The number of carboxylic acids is 1. The minimum Gasteiger partial charge on any atom is -0.481 e. The van der Waals surface area contributed by atoms with Gasteiger partial charge in [0.25, 0.3) is 0 Å². The second-order valence-corrected chi connectivity index (χ2v) is 11.0. The monoisotopic (exact) mass is 618 g/mol. The highest BCUT2D eigenvalue weighted by molar-refractivity contribution is 6.03. The molecule has 4 aromatic rings. The Morgan fingerprint density at radius 3 is 2.31 bits per heavy atom. The first-order valence-electron chi connectivity index (χ1n) is 14.9. The van der Waals surface area contributed by atoms with E-state index < -0.39 is 35.5 Å². The molecule has 45 heavy (non-hydrogen) atoms. The van der Waals surface area contributed by atoms with Crippen molar-refractivity contribution in [3.8, 4) is 11.1 Å². The van der Waals surface area contributed by atoms with Crippen LogP contribution in [0.2, 0.25) is 0 Å². The van der Waals surface area contributed by atoms with Gasteiger partial charge in [-0.2, -0.15) is 0 Å². The molecule has 0 unspecified atom stereocenters. The van der Waals surface area contributed by atoms with E-state index in [1.807, 2.05) is 43.3 Å². The van der Waals surface area contributed by atoms with Crippen molar-refractivity contribution in [3.05, 3.63) is 69.8 Å².